The summed E-state index contributed by atoms with van der Waals surface area (Å²) in [5.74, 6) is 0.797. The molecule has 0 saturated carbocycles. The molecule has 9 aromatic rings. The number of benzene rings is 6. The maximum atomic E-state index is 6.29. The number of furan rings is 2. The lowest BCUT2D eigenvalue weighted by atomic mass is 10.0. The van der Waals surface area contributed by atoms with Crippen molar-refractivity contribution in [3.63, 3.8) is 0 Å². The van der Waals surface area contributed by atoms with Crippen molar-refractivity contribution in [1.82, 2.24) is 4.98 Å². The van der Waals surface area contributed by atoms with Crippen molar-refractivity contribution in [3.8, 4) is 11.1 Å². The number of hydrogen-bond donors (Lipinski definition) is 0. The maximum absolute atomic E-state index is 6.29. The number of fused-ring (bicyclic) bond motifs is 8. The topological polar surface area (TPSA) is 42.4 Å². The van der Waals surface area contributed by atoms with E-state index in [2.05, 4.69) is 114 Å². The van der Waals surface area contributed by atoms with Crippen LogP contribution >= 0.6 is 0 Å². The van der Waals surface area contributed by atoms with Gasteiger partial charge in [0.2, 0.25) is 0 Å². The summed E-state index contributed by atoms with van der Waals surface area (Å²) in [5, 5.41) is 6.68. The Balaban J connectivity index is 1.26. The highest BCUT2D eigenvalue weighted by Gasteiger charge is 2.19. The summed E-state index contributed by atoms with van der Waals surface area (Å²) in [6.45, 7) is 0. The van der Waals surface area contributed by atoms with Gasteiger partial charge in [0.25, 0.3) is 0 Å². The Bertz CT molecular complexity index is 2450. The van der Waals surface area contributed by atoms with Crippen LogP contribution in [-0.2, 0) is 0 Å². The van der Waals surface area contributed by atoms with Gasteiger partial charge in [-0.15, -0.1) is 0 Å². The summed E-state index contributed by atoms with van der Waals surface area (Å²) in [6, 6.07) is 48.4. The summed E-state index contributed by atoms with van der Waals surface area (Å²) in [6.07, 6.45) is 1.84. The molecule has 3 heterocycles. The van der Waals surface area contributed by atoms with Crippen molar-refractivity contribution in [2.75, 3.05) is 4.90 Å². The van der Waals surface area contributed by atoms with E-state index >= 15 is 0 Å². The van der Waals surface area contributed by atoms with Crippen LogP contribution in [0.25, 0.3) is 65.8 Å². The lowest BCUT2D eigenvalue weighted by Crippen LogP contribution is -2.11. The molecular weight excluding hydrogens is 528 g/mol. The summed E-state index contributed by atoms with van der Waals surface area (Å²) in [7, 11) is 0. The molecule has 4 nitrogen and oxygen atoms in total. The molecule has 0 N–H and O–H groups in total. The van der Waals surface area contributed by atoms with E-state index in [-0.39, 0.29) is 0 Å². The lowest BCUT2D eigenvalue weighted by Gasteiger charge is -2.24. The smallest absolute Gasteiger partial charge is 0.153 e. The molecule has 0 unspecified atom stereocenters. The standard InChI is InChI=1S/C39H24N2O2/c1-2-8-25(9-3-1)26-14-17-28(18-15-26)41(29-19-20-32-31-12-6-7-13-34(31)42-36(32)22-29)38-23-33-37(24-40-38)43-35-21-16-27-10-4-5-11-30(27)39(33)35/h1-24H. The minimum absolute atomic E-state index is 0.766. The molecule has 0 radical (unpaired) electrons. The summed E-state index contributed by atoms with van der Waals surface area (Å²) >= 11 is 0. The van der Waals surface area contributed by atoms with Crippen LogP contribution in [0.5, 0.6) is 0 Å². The van der Waals surface area contributed by atoms with Crippen LogP contribution in [0.15, 0.2) is 155 Å². The second kappa shape index (κ2) is 9.33. The van der Waals surface area contributed by atoms with E-state index in [1.807, 2.05) is 36.5 Å². The molecule has 0 fully saturated rings. The van der Waals surface area contributed by atoms with E-state index in [9.17, 15) is 0 Å². The predicted octanol–water partition coefficient (Wildman–Crippen LogP) is 11.2. The van der Waals surface area contributed by atoms with E-state index in [1.54, 1.807) is 0 Å². The third-order valence-corrected chi connectivity index (χ3v) is 8.32. The second-order valence-corrected chi connectivity index (χ2v) is 10.8. The minimum Gasteiger partial charge on any atom is -0.456 e. The fraction of sp³-hybridized carbons (Fsp3) is 0. The summed E-state index contributed by atoms with van der Waals surface area (Å²) in [5.41, 5.74) is 7.64. The van der Waals surface area contributed by atoms with Gasteiger partial charge in [0.05, 0.1) is 11.9 Å². The summed E-state index contributed by atoms with van der Waals surface area (Å²) < 4.78 is 12.6. The molecule has 0 aliphatic carbocycles. The number of rotatable bonds is 4. The lowest BCUT2D eigenvalue weighted by molar-refractivity contribution is 0.667. The van der Waals surface area contributed by atoms with Gasteiger partial charge in [0, 0.05) is 33.3 Å². The molecule has 0 aliphatic rings. The fourth-order valence-electron chi connectivity index (χ4n) is 6.26. The van der Waals surface area contributed by atoms with E-state index < -0.39 is 0 Å². The number of aromatic nitrogens is 1. The largest absolute Gasteiger partial charge is 0.456 e. The SMILES string of the molecule is c1ccc(-c2ccc(N(c3ccc4c(c3)oc3ccccc34)c3cc4c(cn3)oc3ccc5ccccc5c34)cc2)cc1. The first kappa shape index (κ1) is 23.8. The van der Waals surface area contributed by atoms with Crippen molar-refractivity contribution in [2.45, 2.75) is 0 Å². The Kier molecular flexibility index (Phi) is 5.16. The van der Waals surface area contributed by atoms with Gasteiger partial charge in [0.1, 0.15) is 22.6 Å². The van der Waals surface area contributed by atoms with E-state index in [0.717, 1.165) is 66.6 Å². The van der Waals surface area contributed by atoms with Gasteiger partial charge in [-0.3, -0.25) is 4.90 Å². The van der Waals surface area contributed by atoms with E-state index in [4.69, 9.17) is 13.8 Å². The summed E-state index contributed by atoms with van der Waals surface area (Å²) in [4.78, 5) is 7.13. The Morgan fingerprint density at radius 1 is 0.442 bits per heavy atom. The molecule has 4 heteroatoms. The van der Waals surface area contributed by atoms with Crippen LogP contribution < -0.4 is 4.90 Å². The first-order valence-corrected chi connectivity index (χ1v) is 14.4. The molecular formula is C39H24N2O2. The minimum atomic E-state index is 0.766. The average molecular weight is 553 g/mol. The van der Waals surface area contributed by atoms with Crippen molar-refractivity contribution >= 4 is 71.8 Å². The molecule has 0 amide bonds. The molecule has 0 bridgehead atoms. The number of hydrogen-bond acceptors (Lipinski definition) is 4. The Labute approximate surface area is 247 Å². The highest BCUT2D eigenvalue weighted by molar-refractivity contribution is 6.19. The second-order valence-electron chi connectivity index (χ2n) is 10.8. The molecule has 0 atom stereocenters. The first-order chi connectivity index (χ1) is 21.3. The van der Waals surface area contributed by atoms with Gasteiger partial charge >= 0.3 is 0 Å². The average Bonchev–Trinajstić information content (AvgIpc) is 3.63. The number of nitrogens with zero attached hydrogens (tertiary/aromatic N) is 2. The van der Waals surface area contributed by atoms with Crippen molar-refractivity contribution in [2.24, 2.45) is 0 Å². The van der Waals surface area contributed by atoms with Gasteiger partial charge in [-0.05, 0) is 64.4 Å². The van der Waals surface area contributed by atoms with Crippen LogP contribution in [0.3, 0.4) is 0 Å². The van der Waals surface area contributed by atoms with Crippen LogP contribution in [-0.4, -0.2) is 4.98 Å². The maximum Gasteiger partial charge on any atom is 0.153 e. The Hall–Kier alpha value is -5.87. The van der Waals surface area contributed by atoms with Gasteiger partial charge in [-0.2, -0.15) is 0 Å². The van der Waals surface area contributed by atoms with E-state index in [1.165, 1.54) is 16.3 Å². The highest BCUT2D eigenvalue weighted by atomic mass is 16.3. The molecule has 0 spiro atoms. The van der Waals surface area contributed by atoms with Crippen LogP contribution in [0.1, 0.15) is 0 Å². The van der Waals surface area contributed by atoms with Crippen LogP contribution in [0.4, 0.5) is 17.2 Å². The fourth-order valence-corrected chi connectivity index (χ4v) is 6.26. The Morgan fingerprint density at radius 3 is 2.02 bits per heavy atom. The van der Waals surface area contributed by atoms with E-state index in [0.29, 0.717) is 0 Å². The van der Waals surface area contributed by atoms with Crippen LogP contribution in [0.2, 0.25) is 0 Å². The number of pyridine rings is 1. The molecule has 0 aliphatic heterocycles. The van der Waals surface area contributed by atoms with Crippen molar-refractivity contribution in [1.29, 1.82) is 0 Å². The Morgan fingerprint density at radius 2 is 1.14 bits per heavy atom. The highest BCUT2D eigenvalue weighted by Crippen LogP contribution is 2.41. The quantitative estimate of drug-likeness (QED) is 0.218. The third kappa shape index (κ3) is 3.81. The van der Waals surface area contributed by atoms with Crippen molar-refractivity contribution < 1.29 is 8.83 Å². The molecule has 43 heavy (non-hydrogen) atoms. The van der Waals surface area contributed by atoms with Gasteiger partial charge in [-0.1, -0.05) is 91.0 Å². The molecule has 202 valence electrons. The first-order valence-electron chi connectivity index (χ1n) is 14.4. The molecule has 9 rings (SSSR count). The van der Waals surface area contributed by atoms with Gasteiger partial charge in [0.15, 0.2) is 5.58 Å². The molecule has 3 aromatic heterocycles. The van der Waals surface area contributed by atoms with Gasteiger partial charge < -0.3 is 8.83 Å². The van der Waals surface area contributed by atoms with Crippen molar-refractivity contribution in [3.05, 3.63) is 146 Å². The zero-order chi connectivity index (χ0) is 28.3. The zero-order valence-electron chi connectivity index (χ0n) is 23.1. The van der Waals surface area contributed by atoms with Crippen LogP contribution in [0, 0.1) is 0 Å². The molecule has 6 aromatic carbocycles. The normalized spacial score (nSPS) is 11.7. The number of anilines is 3. The predicted molar refractivity (Wildman–Crippen MR) is 176 cm³/mol. The monoisotopic (exact) mass is 552 g/mol. The number of para-hydroxylation sites is 1. The third-order valence-electron chi connectivity index (χ3n) is 8.32. The zero-order valence-corrected chi connectivity index (χ0v) is 23.1. The van der Waals surface area contributed by atoms with Gasteiger partial charge in [-0.25, -0.2) is 4.98 Å². The molecule has 0 saturated heterocycles.